The summed E-state index contributed by atoms with van der Waals surface area (Å²) >= 11 is 1.67. The molecule has 0 aliphatic carbocycles. The van der Waals surface area contributed by atoms with Crippen LogP contribution in [0.2, 0.25) is 0 Å². The molecule has 0 unspecified atom stereocenters. The van der Waals surface area contributed by atoms with Gasteiger partial charge in [-0.05, 0) is 32.2 Å². The van der Waals surface area contributed by atoms with Crippen molar-refractivity contribution in [3.63, 3.8) is 0 Å². The second-order valence-corrected chi connectivity index (χ2v) is 5.46. The van der Waals surface area contributed by atoms with Crippen molar-refractivity contribution >= 4 is 17.2 Å². The second kappa shape index (κ2) is 4.22. The molecule has 0 radical (unpaired) electrons. The van der Waals surface area contributed by atoms with Gasteiger partial charge in [0.2, 0.25) is 0 Å². The van der Waals surface area contributed by atoms with Gasteiger partial charge < -0.3 is 5.32 Å². The molecule has 0 atom stereocenters. The molecule has 84 valence electrons. The molecule has 2 rings (SSSR count). The number of hydrogen-bond donors (Lipinski definition) is 1. The van der Waals surface area contributed by atoms with Crippen molar-refractivity contribution in [3.05, 3.63) is 29.2 Å². The molecular formula is C12H15N3S. The lowest BCUT2D eigenvalue weighted by Crippen LogP contribution is -2.26. The van der Waals surface area contributed by atoms with E-state index in [0.717, 1.165) is 17.1 Å². The first kappa shape index (κ1) is 11.1. The molecular weight excluding hydrogens is 218 g/mol. The number of anilines is 1. The summed E-state index contributed by atoms with van der Waals surface area (Å²) in [5.41, 5.74) is 2.12. The zero-order chi connectivity index (χ0) is 11.6. The van der Waals surface area contributed by atoms with Crippen LogP contribution < -0.4 is 5.32 Å². The number of thiophene rings is 1. The Kier molecular flexibility index (Phi) is 2.92. The van der Waals surface area contributed by atoms with Crippen LogP contribution in [0.4, 0.5) is 5.82 Å². The Balaban J connectivity index is 2.27. The highest BCUT2D eigenvalue weighted by Gasteiger charge is 2.10. The second-order valence-electron chi connectivity index (χ2n) is 4.68. The van der Waals surface area contributed by atoms with Crippen LogP contribution in [0.25, 0.3) is 11.3 Å². The fourth-order valence-electron chi connectivity index (χ4n) is 1.38. The normalized spacial score (nSPS) is 11.4. The smallest absolute Gasteiger partial charge is 0.130 e. The van der Waals surface area contributed by atoms with Crippen LogP contribution in [0.3, 0.4) is 0 Å². The Morgan fingerprint density at radius 3 is 2.69 bits per heavy atom. The summed E-state index contributed by atoms with van der Waals surface area (Å²) in [7, 11) is 0. The highest BCUT2D eigenvalue weighted by molar-refractivity contribution is 7.08. The van der Waals surface area contributed by atoms with E-state index in [0.29, 0.717) is 0 Å². The van der Waals surface area contributed by atoms with E-state index in [2.05, 4.69) is 47.5 Å². The first-order valence-corrected chi connectivity index (χ1v) is 6.12. The van der Waals surface area contributed by atoms with Gasteiger partial charge in [-0.25, -0.2) is 9.97 Å². The van der Waals surface area contributed by atoms with Crippen molar-refractivity contribution in [2.45, 2.75) is 26.3 Å². The molecule has 0 aromatic carbocycles. The van der Waals surface area contributed by atoms with Crippen LogP contribution in [-0.4, -0.2) is 15.5 Å². The summed E-state index contributed by atoms with van der Waals surface area (Å²) in [6.07, 6.45) is 1.60. The van der Waals surface area contributed by atoms with Crippen LogP contribution in [-0.2, 0) is 0 Å². The quantitative estimate of drug-likeness (QED) is 0.863. The minimum absolute atomic E-state index is 0.0142. The zero-order valence-corrected chi connectivity index (χ0v) is 10.5. The molecule has 16 heavy (non-hydrogen) atoms. The molecule has 0 saturated heterocycles. The van der Waals surface area contributed by atoms with E-state index >= 15 is 0 Å². The Morgan fingerprint density at radius 2 is 2.06 bits per heavy atom. The average molecular weight is 233 g/mol. The summed E-state index contributed by atoms with van der Waals surface area (Å²) in [4.78, 5) is 8.48. The van der Waals surface area contributed by atoms with Gasteiger partial charge in [-0.15, -0.1) is 0 Å². The van der Waals surface area contributed by atoms with E-state index in [9.17, 15) is 0 Å². The van der Waals surface area contributed by atoms with Gasteiger partial charge in [0.15, 0.2) is 0 Å². The summed E-state index contributed by atoms with van der Waals surface area (Å²) in [5.74, 6) is 0.865. The van der Waals surface area contributed by atoms with Crippen LogP contribution >= 0.6 is 11.3 Å². The van der Waals surface area contributed by atoms with Crippen LogP contribution in [0.15, 0.2) is 29.2 Å². The van der Waals surface area contributed by atoms with Gasteiger partial charge in [-0.2, -0.15) is 11.3 Å². The SMILES string of the molecule is CC(C)(C)Nc1cc(-c2ccsc2)ncn1. The lowest BCUT2D eigenvalue weighted by Gasteiger charge is -2.21. The largest absolute Gasteiger partial charge is 0.365 e. The average Bonchev–Trinajstić information content (AvgIpc) is 2.68. The van der Waals surface area contributed by atoms with Crippen molar-refractivity contribution in [2.24, 2.45) is 0 Å². The van der Waals surface area contributed by atoms with Crippen molar-refractivity contribution < 1.29 is 0 Å². The Labute approximate surface area is 99.6 Å². The maximum atomic E-state index is 4.27. The molecule has 1 N–H and O–H groups in total. The predicted octanol–water partition coefficient (Wildman–Crippen LogP) is 3.42. The summed E-state index contributed by atoms with van der Waals surface area (Å²) in [5, 5.41) is 7.47. The fraction of sp³-hybridized carbons (Fsp3) is 0.333. The lowest BCUT2D eigenvalue weighted by atomic mass is 10.1. The Hall–Kier alpha value is -1.42. The molecule has 0 amide bonds. The standard InChI is InChI=1S/C12H15N3S/c1-12(2,3)15-11-6-10(13-8-14-11)9-4-5-16-7-9/h4-8H,1-3H3,(H,13,14,15). The molecule has 0 spiro atoms. The minimum atomic E-state index is 0.0142. The third kappa shape index (κ3) is 2.79. The van der Waals surface area contributed by atoms with E-state index in [1.54, 1.807) is 17.7 Å². The Bertz CT molecular complexity index is 457. The van der Waals surface area contributed by atoms with Crippen molar-refractivity contribution in [1.82, 2.24) is 9.97 Å². The lowest BCUT2D eigenvalue weighted by molar-refractivity contribution is 0.630. The molecule has 2 aromatic rings. The molecule has 0 aliphatic heterocycles. The van der Waals surface area contributed by atoms with Gasteiger partial charge in [0, 0.05) is 22.5 Å². The molecule has 2 aromatic heterocycles. The predicted molar refractivity (Wildman–Crippen MR) is 68.7 cm³/mol. The summed E-state index contributed by atoms with van der Waals surface area (Å²) < 4.78 is 0. The van der Waals surface area contributed by atoms with Gasteiger partial charge in [0.25, 0.3) is 0 Å². The topological polar surface area (TPSA) is 37.8 Å². The van der Waals surface area contributed by atoms with Crippen LogP contribution in [0.1, 0.15) is 20.8 Å². The van der Waals surface area contributed by atoms with E-state index < -0.39 is 0 Å². The van der Waals surface area contributed by atoms with Crippen molar-refractivity contribution in [3.8, 4) is 11.3 Å². The molecule has 3 nitrogen and oxygen atoms in total. The molecule has 2 heterocycles. The van der Waals surface area contributed by atoms with Gasteiger partial charge in [-0.1, -0.05) is 0 Å². The third-order valence-electron chi connectivity index (χ3n) is 1.99. The fourth-order valence-corrected chi connectivity index (χ4v) is 2.03. The number of hydrogen-bond acceptors (Lipinski definition) is 4. The number of rotatable bonds is 2. The maximum absolute atomic E-state index is 4.27. The molecule has 4 heteroatoms. The van der Waals surface area contributed by atoms with Gasteiger partial charge in [0.1, 0.15) is 12.1 Å². The first-order valence-electron chi connectivity index (χ1n) is 5.17. The van der Waals surface area contributed by atoms with E-state index in [-0.39, 0.29) is 5.54 Å². The van der Waals surface area contributed by atoms with Crippen LogP contribution in [0.5, 0.6) is 0 Å². The zero-order valence-electron chi connectivity index (χ0n) is 9.69. The number of aromatic nitrogens is 2. The minimum Gasteiger partial charge on any atom is -0.365 e. The van der Waals surface area contributed by atoms with E-state index in [1.165, 1.54) is 0 Å². The molecule has 0 saturated carbocycles. The van der Waals surface area contributed by atoms with Gasteiger partial charge in [-0.3, -0.25) is 0 Å². The highest BCUT2D eigenvalue weighted by atomic mass is 32.1. The van der Waals surface area contributed by atoms with Crippen molar-refractivity contribution in [1.29, 1.82) is 0 Å². The highest BCUT2D eigenvalue weighted by Crippen LogP contribution is 2.22. The van der Waals surface area contributed by atoms with Gasteiger partial charge >= 0.3 is 0 Å². The third-order valence-corrected chi connectivity index (χ3v) is 2.67. The number of nitrogens with one attached hydrogen (secondary N) is 1. The molecule has 0 fully saturated rings. The number of nitrogens with zero attached hydrogens (tertiary/aromatic N) is 2. The monoisotopic (exact) mass is 233 g/mol. The first-order chi connectivity index (χ1) is 7.54. The summed E-state index contributed by atoms with van der Waals surface area (Å²) in [6, 6.07) is 4.04. The van der Waals surface area contributed by atoms with E-state index in [4.69, 9.17) is 0 Å². The van der Waals surface area contributed by atoms with Gasteiger partial charge in [0.05, 0.1) is 5.69 Å². The molecule has 0 bridgehead atoms. The Morgan fingerprint density at radius 1 is 1.25 bits per heavy atom. The van der Waals surface area contributed by atoms with E-state index in [1.807, 2.05) is 11.4 Å². The summed E-state index contributed by atoms with van der Waals surface area (Å²) in [6.45, 7) is 6.33. The van der Waals surface area contributed by atoms with Crippen LogP contribution in [0, 0.1) is 0 Å². The van der Waals surface area contributed by atoms with Crippen molar-refractivity contribution in [2.75, 3.05) is 5.32 Å². The maximum Gasteiger partial charge on any atom is 0.130 e. The molecule has 0 aliphatic rings.